The molecule has 1 aliphatic heterocycles. The second-order valence-electron chi connectivity index (χ2n) is 5.84. The van der Waals surface area contributed by atoms with E-state index in [0.29, 0.717) is 6.42 Å². The second-order valence-corrected chi connectivity index (χ2v) is 6.28. The molecular weight excluding hydrogens is 310 g/mol. The van der Waals surface area contributed by atoms with Crippen molar-refractivity contribution in [3.8, 4) is 5.69 Å². The van der Waals surface area contributed by atoms with Crippen molar-refractivity contribution in [2.24, 2.45) is 0 Å². The monoisotopic (exact) mass is 331 g/mol. The predicted octanol–water partition coefficient (Wildman–Crippen LogP) is 3.58. The molecule has 1 aromatic carbocycles. The Morgan fingerprint density at radius 2 is 1.78 bits per heavy atom. The molecule has 23 heavy (non-hydrogen) atoms. The van der Waals surface area contributed by atoms with Crippen molar-refractivity contribution >= 4 is 23.2 Å². The Morgan fingerprint density at radius 1 is 1.09 bits per heavy atom. The fourth-order valence-corrected chi connectivity index (χ4v) is 3.20. The van der Waals surface area contributed by atoms with Crippen LogP contribution >= 0.6 is 11.6 Å². The maximum atomic E-state index is 12.0. The summed E-state index contributed by atoms with van der Waals surface area (Å²) in [4.78, 5) is 16.3. The summed E-state index contributed by atoms with van der Waals surface area (Å²) in [5, 5.41) is 0.731. The highest BCUT2D eigenvalue weighted by atomic mass is 35.5. The Hall–Kier alpha value is -1.94. The lowest BCUT2D eigenvalue weighted by atomic mass is 10.2. The number of anilines is 1. The van der Waals surface area contributed by atoms with Gasteiger partial charge in [0.15, 0.2) is 0 Å². The smallest absolute Gasteiger partial charge is 0.222 e. The van der Waals surface area contributed by atoms with E-state index in [2.05, 4.69) is 15.5 Å². The topological polar surface area (TPSA) is 28.5 Å². The van der Waals surface area contributed by atoms with Crippen LogP contribution in [0.2, 0.25) is 5.02 Å². The first-order chi connectivity index (χ1) is 11.2. The third-order valence-corrected chi connectivity index (χ3v) is 4.49. The van der Waals surface area contributed by atoms with Gasteiger partial charge in [0.05, 0.1) is 11.4 Å². The average Bonchev–Trinajstić information content (AvgIpc) is 3.09. The fraction of sp³-hybridized carbons (Fsp3) is 0.389. The Labute approximate surface area is 142 Å². The summed E-state index contributed by atoms with van der Waals surface area (Å²) in [5.41, 5.74) is 2.24. The first kappa shape index (κ1) is 15.9. The number of rotatable bonds is 4. The van der Waals surface area contributed by atoms with E-state index < -0.39 is 0 Å². The number of hydrogen-bond acceptors (Lipinski definition) is 2. The molecule has 0 unspecified atom stereocenters. The summed E-state index contributed by atoms with van der Waals surface area (Å²) < 4.78 is 2.08. The molecule has 3 rings (SSSR count). The lowest BCUT2D eigenvalue weighted by Crippen LogP contribution is -2.49. The standard InChI is InChI=1S/C18H22ClN3O/c1-2-5-18(23)22-12-10-21(11-13-22)16-7-6-15(19)14-17(16)20-8-3-4-9-20/h3-4,6-9,14H,2,5,10-13H2,1H3. The molecule has 2 heterocycles. The predicted molar refractivity (Wildman–Crippen MR) is 94.5 cm³/mol. The third kappa shape index (κ3) is 3.53. The van der Waals surface area contributed by atoms with Gasteiger partial charge in [0.1, 0.15) is 0 Å². The van der Waals surface area contributed by atoms with Gasteiger partial charge in [0, 0.05) is 50.0 Å². The zero-order valence-corrected chi connectivity index (χ0v) is 14.2. The zero-order valence-electron chi connectivity index (χ0n) is 13.4. The van der Waals surface area contributed by atoms with Crippen molar-refractivity contribution in [1.29, 1.82) is 0 Å². The van der Waals surface area contributed by atoms with Crippen molar-refractivity contribution in [1.82, 2.24) is 9.47 Å². The fourth-order valence-electron chi connectivity index (χ4n) is 3.03. The SMILES string of the molecule is CCCC(=O)N1CCN(c2ccc(Cl)cc2-n2cccc2)CC1. The summed E-state index contributed by atoms with van der Waals surface area (Å²) in [5.74, 6) is 0.272. The normalized spacial score (nSPS) is 15.0. The minimum absolute atomic E-state index is 0.272. The molecule has 1 fully saturated rings. The van der Waals surface area contributed by atoms with Crippen LogP contribution in [0.3, 0.4) is 0 Å². The van der Waals surface area contributed by atoms with Gasteiger partial charge in [0.2, 0.25) is 5.91 Å². The molecule has 0 radical (unpaired) electrons. The van der Waals surface area contributed by atoms with E-state index in [1.165, 1.54) is 0 Å². The third-order valence-electron chi connectivity index (χ3n) is 4.26. The van der Waals surface area contributed by atoms with Crippen LogP contribution < -0.4 is 4.90 Å². The van der Waals surface area contributed by atoms with Gasteiger partial charge in [-0.05, 0) is 36.8 Å². The summed E-state index contributed by atoms with van der Waals surface area (Å²) >= 11 is 6.19. The van der Waals surface area contributed by atoms with Gasteiger partial charge < -0.3 is 14.4 Å². The Morgan fingerprint density at radius 3 is 2.43 bits per heavy atom. The van der Waals surface area contributed by atoms with E-state index in [-0.39, 0.29) is 5.91 Å². The number of halogens is 1. The van der Waals surface area contributed by atoms with Gasteiger partial charge in [-0.2, -0.15) is 0 Å². The number of carbonyl (C=O) groups excluding carboxylic acids is 1. The van der Waals surface area contributed by atoms with Crippen molar-refractivity contribution in [3.63, 3.8) is 0 Å². The molecule has 2 aromatic rings. The summed E-state index contributed by atoms with van der Waals surface area (Å²) in [6.07, 6.45) is 5.61. The first-order valence-corrected chi connectivity index (χ1v) is 8.52. The number of nitrogens with zero attached hydrogens (tertiary/aromatic N) is 3. The molecule has 0 spiro atoms. The van der Waals surface area contributed by atoms with Gasteiger partial charge >= 0.3 is 0 Å². The minimum Gasteiger partial charge on any atom is -0.366 e. The molecule has 122 valence electrons. The Balaban J connectivity index is 1.77. The molecule has 1 aliphatic rings. The molecule has 1 amide bonds. The van der Waals surface area contributed by atoms with Crippen LogP contribution in [0, 0.1) is 0 Å². The zero-order chi connectivity index (χ0) is 16.2. The van der Waals surface area contributed by atoms with Crippen LogP contribution in [-0.2, 0) is 4.79 Å². The molecule has 0 aliphatic carbocycles. The average molecular weight is 332 g/mol. The van der Waals surface area contributed by atoms with Crippen LogP contribution in [-0.4, -0.2) is 41.6 Å². The van der Waals surface area contributed by atoms with Gasteiger partial charge in [-0.3, -0.25) is 4.79 Å². The number of amides is 1. The molecule has 0 N–H and O–H groups in total. The Kier molecular flexibility index (Phi) is 4.91. The maximum absolute atomic E-state index is 12.0. The first-order valence-electron chi connectivity index (χ1n) is 8.14. The van der Waals surface area contributed by atoms with E-state index >= 15 is 0 Å². The lowest BCUT2D eigenvalue weighted by Gasteiger charge is -2.37. The maximum Gasteiger partial charge on any atom is 0.222 e. The van der Waals surface area contributed by atoms with Gasteiger partial charge in [-0.1, -0.05) is 18.5 Å². The minimum atomic E-state index is 0.272. The molecular formula is C18H22ClN3O. The highest BCUT2D eigenvalue weighted by Gasteiger charge is 2.22. The number of aromatic nitrogens is 1. The van der Waals surface area contributed by atoms with E-state index in [1.807, 2.05) is 48.5 Å². The lowest BCUT2D eigenvalue weighted by molar-refractivity contribution is -0.131. The molecule has 1 saturated heterocycles. The van der Waals surface area contributed by atoms with Crippen molar-refractivity contribution < 1.29 is 4.79 Å². The van der Waals surface area contributed by atoms with E-state index in [1.54, 1.807) is 0 Å². The van der Waals surface area contributed by atoms with Crippen molar-refractivity contribution in [2.75, 3.05) is 31.1 Å². The number of hydrogen-bond donors (Lipinski definition) is 0. The van der Waals surface area contributed by atoms with Crippen LogP contribution in [0.4, 0.5) is 5.69 Å². The van der Waals surface area contributed by atoms with E-state index in [0.717, 1.165) is 49.0 Å². The molecule has 1 aromatic heterocycles. The molecule has 0 bridgehead atoms. The van der Waals surface area contributed by atoms with E-state index in [4.69, 9.17) is 11.6 Å². The summed E-state index contributed by atoms with van der Waals surface area (Å²) in [6, 6.07) is 10.0. The molecule has 5 heteroatoms. The van der Waals surface area contributed by atoms with Crippen LogP contribution in [0.15, 0.2) is 42.7 Å². The number of piperazine rings is 1. The van der Waals surface area contributed by atoms with E-state index in [9.17, 15) is 4.79 Å². The summed E-state index contributed by atoms with van der Waals surface area (Å²) in [6.45, 7) is 5.32. The summed E-state index contributed by atoms with van der Waals surface area (Å²) in [7, 11) is 0. The highest BCUT2D eigenvalue weighted by molar-refractivity contribution is 6.30. The van der Waals surface area contributed by atoms with Crippen molar-refractivity contribution in [3.05, 3.63) is 47.7 Å². The largest absolute Gasteiger partial charge is 0.366 e. The Bertz CT molecular complexity index is 661. The van der Waals surface area contributed by atoms with Gasteiger partial charge in [-0.15, -0.1) is 0 Å². The van der Waals surface area contributed by atoms with Crippen LogP contribution in [0.25, 0.3) is 5.69 Å². The number of carbonyl (C=O) groups is 1. The quantitative estimate of drug-likeness (QED) is 0.856. The van der Waals surface area contributed by atoms with Gasteiger partial charge in [0.25, 0.3) is 0 Å². The van der Waals surface area contributed by atoms with Crippen LogP contribution in [0.1, 0.15) is 19.8 Å². The molecule has 4 nitrogen and oxygen atoms in total. The van der Waals surface area contributed by atoms with Crippen LogP contribution in [0.5, 0.6) is 0 Å². The molecule has 0 saturated carbocycles. The molecule has 0 atom stereocenters. The highest BCUT2D eigenvalue weighted by Crippen LogP contribution is 2.29. The second kappa shape index (κ2) is 7.09. The van der Waals surface area contributed by atoms with Crippen molar-refractivity contribution in [2.45, 2.75) is 19.8 Å². The van der Waals surface area contributed by atoms with Gasteiger partial charge in [-0.25, -0.2) is 0 Å². The number of benzene rings is 1.